The summed E-state index contributed by atoms with van der Waals surface area (Å²) in [5.74, 6) is 0.116. The van der Waals surface area contributed by atoms with Crippen LogP contribution in [0.1, 0.15) is 72.7 Å². The molecule has 2 N–H and O–H groups in total. The Morgan fingerprint density at radius 1 is 1.19 bits per heavy atom. The molecule has 7 heteroatoms. The van der Waals surface area contributed by atoms with Crippen molar-refractivity contribution in [2.45, 2.75) is 64.7 Å². The molecule has 2 aliphatic carbocycles. The van der Waals surface area contributed by atoms with Gasteiger partial charge in [0, 0.05) is 11.3 Å². The summed E-state index contributed by atoms with van der Waals surface area (Å²) in [6.07, 6.45) is 9.28. The number of carbonyl (C=O) groups is 2. The van der Waals surface area contributed by atoms with E-state index >= 15 is 0 Å². The fourth-order valence-electron chi connectivity index (χ4n) is 3.86. The van der Waals surface area contributed by atoms with Crippen LogP contribution in [0, 0.1) is 5.92 Å². The molecule has 0 aromatic carbocycles. The number of esters is 1. The van der Waals surface area contributed by atoms with Crippen molar-refractivity contribution in [3.05, 3.63) is 16.0 Å². The van der Waals surface area contributed by atoms with E-state index in [0.29, 0.717) is 29.5 Å². The van der Waals surface area contributed by atoms with E-state index < -0.39 is 0 Å². The summed E-state index contributed by atoms with van der Waals surface area (Å²) in [5, 5.41) is 6.81. The van der Waals surface area contributed by atoms with Crippen molar-refractivity contribution in [1.82, 2.24) is 5.32 Å². The van der Waals surface area contributed by atoms with Crippen LogP contribution >= 0.6 is 23.6 Å². The van der Waals surface area contributed by atoms with Gasteiger partial charge in [0.2, 0.25) is 5.91 Å². The van der Waals surface area contributed by atoms with Crippen LogP contribution in [0.5, 0.6) is 0 Å². The molecule has 1 aromatic heterocycles. The van der Waals surface area contributed by atoms with Crippen LogP contribution in [0.25, 0.3) is 0 Å². The molecule has 1 heterocycles. The maximum absolute atomic E-state index is 12.4. The fraction of sp³-hybridized carbons (Fsp3) is 0.632. The highest BCUT2D eigenvalue weighted by molar-refractivity contribution is 7.80. The van der Waals surface area contributed by atoms with Gasteiger partial charge in [-0.3, -0.25) is 4.79 Å². The van der Waals surface area contributed by atoms with Gasteiger partial charge in [0.1, 0.15) is 5.00 Å². The number of aryl methyl sites for hydroxylation is 1. The Morgan fingerprint density at radius 3 is 2.65 bits per heavy atom. The number of amides is 1. The lowest BCUT2D eigenvalue weighted by Gasteiger charge is -2.13. The van der Waals surface area contributed by atoms with Gasteiger partial charge in [0.05, 0.1) is 12.2 Å². The second-order valence-electron chi connectivity index (χ2n) is 6.99. The first kappa shape index (κ1) is 19.3. The Kier molecular flexibility index (Phi) is 6.64. The van der Waals surface area contributed by atoms with Crippen LogP contribution in [-0.2, 0) is 22.4 Å². The fourth-order valence-corrected chi connectivity index (χ4v) is 5.42. The van der Waals surface area contributed by atoms with E-state index in [0.717, 1.165) is 44.1 Å². The summed E-state index contributed by atoms with van der Waals surface area (Å²) in [6.45, 7) is 2.14. The summed E-state index contributed by atoms with van der Waals surface area (Å²) in [7, 11) is 0. The summed E-state index contributed by atoms with van der Waals surface area (Å²) < 4.78 is 5.24. The highest BCUT2D eigenvalue weighted by atomic mass is 32.1. The zero-order chi connectivity index (χ0) is 18.5. The molecule has 142 valence electrons. The number of fused-ring (bicyclic) bond motifs is 1. The minimum atomic E-state index is -0.311. The number of anilines is 1. The van der Waals surface area contributed by atoms with Crippen molar-refractivity contribution in [3.8, 4) is 0 Å². The molecule has 26 heavy (non-hydrogen) atoms. The number of hydrogen-bond acceptors (Lipinski definition) is 5. The van der Waals surface area contributed by atoms with Crippen molar-refractivity contribution < 1.29 is 14.3 Å². The second kappa shape index (κ2) is 8.95. The van der Waals surface area contributed by atoms with Crippen LogP contribution in [-0.4, -0.2) is 23.6 Å². The molecule has 0 bridgehead atoms. The van der Waals surface area contributed by atoms with E-state index in [-0.39, 0.29) is 17.0 Å². The third-order valence-electron chi connectivity index (χ3n) is 5.08. The molecule has 0 radical (unpaired) electrons. The standard InChI is InChI=1S/C19H26N2O3S2/c1-2-24-18(23)16-13-9-5-6-10-14(13)26-17(16)21-19(25)20-15(22)11-12-7-3-4-8-12/h12H,2-11H2,1H3,(H2,20,21,22,25). The first-order valence-corrected chi connectivity index (χ1v) is 10.7. The van der Waals surface area contributed by atoms with Crippen molar-refractivity contribution >= 4 is 45.5 Å². The van der Waals surface area contributed by atoms with E-state index in [1.54, 1.807) is 18.3 Å². The van der Waals surface area contributed by atoms with Gasteiger partial charge in [0.15, 0.2) is 5.11 Å². The third-order valence-corrected chi connectivity index (χ3v) is 6.49. The average Bonchev–Trinajstić information content (AvgIpc) is 3.21. The SMILES string of the molecule is CCOC(=O)c1c(NC(=S)NC(=O)CC2CCCC2)sc2c1CCCC2. The van der Waals surface area contributed by atoms with E-state index in [2.05, 4.69) is 10.6 Å². The van der Waals surface area contributed by atoms with E-state index in [1.165, 1.54) is 17.7 Å². The Bertz CT molecular complexity index is 693. The minimum absolute atomic E-state index is 0.0478. The third kappa shape index (κ3) is 4.62. The number of thiophene rings is 1. The van der Waals surface area contributed by atoms with Crippen LogP contribution in [0.3, 0.4) is 0 Å². The molecule has 0 spiro atoms. The van der Waals surface area contributed by atoms with E-state index in [1.807, 2.05) is 0 Å². The number of thiocarbonyl (C=S) groups is 1. The average molecular weight is 395 g/mol. The minimum Gasteiger partial charge on any atom is -0.462 e. The molecular weight excluding hydrogens is 368 g/mol. The van der Waals surface area contributed by atoms with Gasteiger partial charge in [-0.15, -0.1) is 11.3 Å². The quantitative estimate of drug-likeness (QED) is 0.579. The van der Waals surface area contributed by atoms with Crippen LogP contribution < -0.4 is 10.6 Å². The molecule has 1 amide bonds. The van der Waals surface area contributed by atoms with Crippen LogP contribution in [0.2, 0.25) is 0 Å². The molecule has 2 aliphatic rings. The van der Waals surface area contributed by atoms with Crippen molar-refractivity contribution in [2.24, 2.45) is 5.92 Å². The monoisotopic (exact) mass is 394 g/mol. The number of ether oxygens (including phenoxy) is 1. The highest BCUT2D eigenvalue weighted by Crippen LogP contribution is 2.38. The van der Waals surface area contributed by atoms with Crippen molar-refractivity contribution in [3.63, 3.8) is 0 Å². The lowest BCUT2D eigenvalue weighted by atomic mass is 9.95. The van der Waals surface area contributed by atoms with Crippen molar-refractivity contribution in [2.75, 3.05) is 11.9 Å². The van der Waals surface area contributed by atoms with Gasteiger partial charge < -0.3 is 15.4 Å². The van der Waals surface area contributed by atoms with Crippen molar-refractivity contribution in [1.29, 1.82) is 0 Å². The van der Waals surface area contributed by atoms with Gasteiger partial charge in [-0.05, 0) is 69.1 Å². The largest absolute Gasteiger partial charge is 0.462 e. The molecule has 0 unspecified atom stereocenters. The molecule has 3 rings (SSSR count). The predicted molar refractivity (Wildman–Crippen MR) is 108 cm³/mol. The zero-order valence-electron chi connectivity index (χ0n) is 15.2. The van der Waals surface area contributed by atoms with Gasteiger partial charge in [-0.2, -0.15) is 0 Å². The van der Waals surface area contributed by atoms with Crippen LogP contribution in [0.4, 0.5) is 5.00 Å². The first-order chi connectivity index (χ1) is 12.6. The molecule has 5 nitrogen and oxygen atoms in total. The van der Waals surface area contributed by atoms with E-state index in [4.69, 9.17) is 17.0 Å². The topological polar surface area (TPSA) is 67.4 Å². The Labute approximate surface area is 163 Å². The molecule has 0 atom stereocenters. The van der Waals surface area contributed by atoms with Gasteiger partial charge in [-0.25, -0.2) is 4.79 Å². The van der Waals surface area contributed by atoms with Gasteiger partial charge in [0.25, 0.3) is 0 Å². The second-order valence-corrected chi connectivity index (χ2v) is 8.51. The normalized spacial score (nSPS) is 16.8. The number of carbonyl (C=O) groups excluding carboxylic acids is 2. The Balaban J connectivity index is 1.67. The molecule has 1 aromatic rings. The number of rotatable bonds is 5. The summed E-state index contributed by atoms with van der Waals surface area (Å²) in [5.41, 5.74) is 1.68. The first-order valence-electron chi connectivity index (χ1n) is 9.51. The Hall–Kier alpha value is -1.47. The summed E-state index contributed by atoms with van der Waals surface area (Å²) in [6, 6.07) is 0. The van der Waals surface area contributed by atoms with E-state index in [9.17, 15) is 9.59 Å². The summed E-state index contributed by atoms with van der Waals surface area (Å²) in [4.78, 5) is 25.9. The zero-order valence-corrected chi connectivity index (χ0v) is 16.8. The number of hydrogen-bond donors (Lipinski definition) is 2. The maximum atomic E-state index is 12.4. The summed E-state index contributed by atoms with van der Waals surface area (Å²) >= 11 is 6.87. The smallest absolute Gasteiger partial charge is 0.341 e. The highest BCUT2D eigenvalue weighted by Gasteiger charge is 2.27. The molecular formula is C19H26N2O3S2. The maximum Gasteiger partial charge on any atom is 0.341 e. The lowest BCUT2D eigenvalue weighted by Crippen LogP contribution is -2.35. The molecule has 0 saturated heterocycles. The van der Waals surface area contributed by atoms with Crippen LogP contribution in [0.15, 0.2) is 0 Å². The lowest BCUT2D eigenvalue weighted by molar-refractivity contribution is -0.120. The van der Waals surface area contributed by atoms with Gasteiger partial charge in [-0.1, -0.05) is 12.8 Å². The number of nitrogens with one attached hydrogen (secondary N) is 2. The predicted octanol–water partition coefficient (Wildman–Crippen LogP) is 4.20. The molecule has 1 saturated carbocycles. The molecule has 1 fully saturated rings. The Morgan fingerprint density at radius 2 is 1.92 bits per heavy atom. The molecule has 0 aliphatic heterocycles. The van der Waals surface area contributed by atoms with Gasteiger partial charge >= 0.3 is 5.97 Å².